The van der Waals surface area contributed by atoms with Gasteiger partial charge >= 0.3 is 12.2 Å². The number of carboxylic acid groups (broad SMARTS) is 1. The molecule has 0 aromatic carbocycles. The van der Waals surface area contributed by atoms with Crippen molar-refractivity contribution in [2.45, 2.75) is 32.4 Å². The molecule has 2 amide bonds. The number of carbonyl (C=O) groups excluding carboxylic acids is 1. The summed E-state index contributed by atoms with van der Waals surface area (Å²) in [6.45, 7) is 5.78. The number of hydrogen-bond donors (Lipinski definition) is 2. The fourth-order valence-corrected chi connectivity index (χ4v) is 1.94. The molecule has 3 N–H and O–H groups in total. The standard InChI is InChI=1S/C11H19N3O4S/c1-11(2,3)18-10(17)14-5-4-13(9(15)16)6-7(14)8(12)19/h7H,4-6H2,1-3H3,(H2,12,19)(H,15,16). The predicted octanol–water partition coefficient (Wildman–Crippen LogP) is 0.872. The summed E-state index contributed by atoms with van der Waals surface area (Å²) in [7, 11) is 0. The van der Waals surface area contributed by atoms with Crippen molar-refractivity contribution < 1.29 is 19.4 Å². The highest BCUT2D eigenvalue weighted by molar-refractivity contribution is 7.80. The van der Waals surface area contributed by atoms with Crippen molar-refractivity contribution in [3.63, 3.8) is 0 Å². The van der Waals surface area contributed by atoms with Crippen molar-refractivity contribution in [2.75, 3.05) is 19.6 Å². The van der Waals surface area contributed by atoms with Gasteiger partial charge in [0.1, 0.15) is 11.6 Å². The van der Waals surface area contributed by atoms with Gasteiger partial charge in [0.2, 0.25) is 0 Å². The normalized spacial score (nSPS) is 20.1. The van der Waals surface area contributed by atoms with E-state index in [1.807, 2.05) is 0 Å². The van der Waals surface area contributed by atoms with Gasteiger partial charge in [-0.3, -0.25) is 4.90 Å². The van der Waals surface area contributed by atoms with Crippen molar-refractivity contribution in [3.05, 3.63) is 0 Å². The number of piperazine rings is 1. The van der Waals surface area contributed by atoms with Gasteiger partial charge in [0.15, 0.2) is 0 Å². The second kappa shape index (κ2) is 5.60. The smallest absolute Gasteiger partial charge is 0.411 e. The van der Waals surface area contributed by atoms with Crippen molar-refractivity contribution in [2.24, 2.45) is 5.73 Å². The topological polar surface area (TPSA) is 96.1 Å². The zero-order valence-corrected chi connectivity index (χ0v) is 12.1. The maximum absolute atomic E-state index is 12.0. The van der Waals surface area contributed by atoms with E-state index in [1.54, 1.807) is 20.8 Å². The SMILES string of the molecule is CC(C)(C)OC(=O)N1CCN(C(=O)O)CC1C(N)=S. The number of carbonyl (C=O) groups is 2. The number of nitrogens with two attached hydrogens (primary N) is 1. The first kappa shape index (κ1) is 15.5. The summed E-state index contributed by atoms with van der Waals surface area (Å²) in [6.07, 6.45) is -1.58. The number of nitrogens with zero attached hydrogens (tertiary/aromatic N) is 2. The molecule has 0 spiro atoms. The molecule has 19 heavy (non-hydrogen) atoms. The Balaban J connectivity index is 2.80. The third kappa shape index (κ3) is 4.23. The first-order valence-electron chi connectivity index (χ1n) is 5.88. The van der Waals surface area contributed by atoms with Gasteiger partial charge in [0.25, 0.3) is 0 Å². The van der Waals surface area contributed by atoms with Crippen LogP contribution in [0.4, 0.5) is 9.59 Å². The van der Waals surface area contributed by atoms with Crippen LogP contribution in [0.25, 0.3) is 0 Å². The molecular formula is C11H19N3O4S. The lowest BCUT2D eigenvalue weighted by molar-refractivity contribution is 0.00876. The molecular weight excluding hydrogens is 270 g/mol. The molecule has 1 rings (SSSR count). The van der Waals surface area contributed by atoms with Gasteiger partial charge in [0.05, 0.1) is 11.5 Å². The zero-order chi connectivity index (χ0) is 14.8. The summed E-state index contributed by atoms with van der Waals surface area (Å²) in [5, 5.41) is 8.96. The van der Waals surface area contributed by atoms with Crippen LogP contribution in [0, 0.1) is 0 Å². The quantitative estimate of drug-likeness (QED) is 0.695. The second-order valence-electron chi connectivity index (χ2n) is 5.32. The van der Waals surface area contributed by atoms with E-state index in [1.165, 1.54) is 9.80 Å². The maximum atomic E-state index is 12.0. The third-order valence-electron chi connectivity index (χ3n) is 2.61. The van der Waals surface area contributed by atoms with E-state index in [0.29, 0.717) is 0 Å². The summed E-state index contributed by atoms with van der Waals surface area (Å²) in [5.74, 6) is 0. The van der Waals surface area contributed by atoms with E-state index in [9.17, 15) is 9.59 Å². The van der Waals surface area contributed by atoms with Crippen molar-refractivity contribution in [1.82, 2.24) is 9.80 Å². The van der Waals surface area contributed by atoms with Gasteiger partial charge in [0, 0.05) is 13.1 Å². The average Bonchev–Trinajstić information content (AvgIpc) is 2.25. The molecule has 1 atom stereocenters. The van der Waals surface area contributed by atoms with E-state index in [0.717, 1.165) is 0 Å². The minimum absolute atomic E-state index is 0.0733. The molecule has 1 saturated heterocycles. The third-order valence-corrected chi connectivity index (χ3v) is 2.88. The lowest BCUT2D eigenvalue weighted by Crippen LogP contribution is -2.60. The number of thiocarbonyl (C=S) groups is 1. The van der Waals surface area contributed by atoms with Crippen LogP contribution in [0.5, 0.6) is 0 Å². The average molecular weight is 289 g/mol. The molecule has 0 radical (unpaired) electrons. The van der Waals surface area contributed by atoms with Gasteiger partial charge in [-0.05, 0) is 20.8 Å². The monoisotopic (exact) mass is 289 g/mol. The number of hydrogen-bond acceptors (Lipinski definition) is 4. The van der Waals surface area contributed by atoms with Gasteiger partial charge < -0.3 is 20.5 Å². The Hall–Kier alpha value is -1.57. The Morgan fingerprint density at radius 3 is 2.37 bits per heavy atom. The van der Waals surface area contributed by atoms with Gasteiger partial charge in [-0.1, -0.05) is 12.2 Å². The first-order valence-corrected chi connectivity index (χ1v) is 6.29. The molecule has 7 nitrogen and oxygen atoms in total. The lowest BCUT2D eigenvalue weighted by atomic mass is 10.1. The summed E-state index contributed by atoms with van der Waals surface area (Å²) in [5.41, 5.74) is 4.96. The van der Waals surface area contributed by atoms with Gasteiger partial charge in [-0.15, -0.1) is 0 Å². The van der Waals surface area contributed by atoms with E-state index in [2.05, 4.69) is 0 Å². The van der Waals surface area contributed by atoms with Crippen LogP contribution in [0.15, 0.2) is 0 Å². The van der Waals surface area contributed by atoms with Crippen LogP contribution < -0.4 is 5.73 Å². The van der Waals surface area contributed by atoms with Crippen LogP contribution in [-0.2, 0) is 4.74 Å². The first-order chi connectivity index (χ1) is 8.61. The fraction of sp³-hybridized carbons (Fsp3) is 0.727. The molecule has 1 fully saturated rings. The molecule has 0 aromatic heterocycles. The lowest BCUT2D eigenvalue weighted by Gasteiger charge is -2.40. The molecule has 1 aliphatic heterocycles. The highest BCUT2D eigenvalue weighted by Gasteiger charge is 2.36. The molecule has 0 aromatic rings. The highest BCUT2D eigenvalue weighted by Crippen LogP contribution is 2.16. The summed E-state index contributed by atoms with van der Waals surface area (Å²) in [6, 6.07) is -0.630. The van der Waals surface area contributed by atoms with Crippen LogP contribution in [0.1, 0.15) is 20.8 Å². The molecule has 1 unspecified atom stereocenters. The molecule has 1 aliphatic rings. The highest BCUT2D eigenvalue weighted by atomic mass is 32.1. The number of ether oxygens (including phenoxy) is 1. The van der Waals surface area contributed by atoms with Gasteiger partial charge in [-0.25, -0.2) is 9.59 Å². The van der Waals surface area contributed by atoms with E-state index >= 15 is 0 Å². The molecule has 1 heterocycles. The Morgan fingerprint density at radius 2 is 1.95 bits per heavy atom. The summed E-state index contributed by atoms with van der Waals surface area (Å²) >= 11 is 4.90. The Kier molecular flexibility index (Phi) is 4.56. The van der Waals surface area contributed by atoms with Crippen LogP contribution in [0.3, 0.4) is 0 Å². The zero-order valence-electron chi connectivity index (χ0n) is 11.3. The minimum Gasteiger partial charge on any atom is -0.465 e. The fourth-order valence-electron chi connectivity index (χ4n) is 1.74. The van der Waals surface area contributed by atoms with Crippen LogP contribution >= 0.6 is 12.2 Å². The second-order valence-corrected chi connectivity index (χ2v) is 5.79. The molecule has 0 saturated carbocycles. The Bertz CT molecular complexity index is 394. The maximum Gasteiger partial charge on any atom is 0.411 e. The predicted molar refractivity (Wildman–Crippen MR) is 73.1 cm³/mol. The van der Waals surface area contributed by atoms with Gasteiger partial charge in [-0.2, -0.15) is 0 Å². The Morgan fingerprint density at radius 1 is 1.37 bits per heavy atom. The summed E-state index contributed by atoms with van der Waals surface area (Å²) < 4.78 is 5.26. The minimum atomic E-state index is -1.05. The summed E-state index contributed by atoms with van der Waals surface area (Å²) in [4.78, 5) is 25.6. The largest absolute Gasteiger partial charge is 0.465 e. The molecule has 8 heteroatoms. The number of amides is 2. The number of rotatable bonds is 1. The van der Waals surface area contributed by atoms with E-state index in [4.69, 9.17) is 27.8 Å². The van der Waals surface area contributed by atoms with Crippen molar-refractivity contribution >= 4 is 29.4 Å². The van der Waals surface area contributed by atoms with Crippen LogP contribution in [0.2, 0.25) is 0 Å². The van der Waals surface area contributed by atoms with E-state index in [-0.39, 0.29) is 24.6 Å². The Labute approximate surface area is 117 Å². The molecule has 0 aliphatic carbocycles. The van der Waals surface area contributed by atoms with Crippen LogP contribution in [-0.4, -0.2) is 63.4 Å². The molecule has 0 bridgehead atoms. The van der Waals surface area contributed by atoms with Crippen molar-refractivity contribution in [3.8, 4) is 0 Å². The molecule has 108 valence electrons. The van der Waals surface area contributed by atoms with Crippen molar-refractivity contribution in [1.29, 1.82) is 0 Å². The van der Waals surface area contributed by atoms with E-state index < -0.39 is 23.8 Å².